The van der Waals surface area contributed by atoms with E-state index < -0.39 is 0 Å². The quantitative estimate of drug-likeness (QED) is 0.782. The molecule has 90 valence electrons. The highest BCUT2D eigenvalue weighted by Gasteiger charge is 2.03. The highest BCUT2D eigenvalue weighted by atomic mass is 79.9. The van der Waals surface area contributed by atoms with Gasteiger partial charge in [0, 0.05) is 36.7 Å². The van der Waals surface area contributed by atoms with Crippen molar-refractivity contribution in [3.05, 3.63) is 28.2 Å². The van der Waals surface area contributed by atoms with Crippen LogP contribution in [0.25, 0.3) is 0 Å². The molecule has 0 aliphatic heterocycles. The first-order chi connectivity index (χ1) is 7.77. The fourth-order valence-electron chi connectivity index (χ4n) is 1.40. The summed E-state index contributed by atoms with van der Waals surface area (Å²) in [7, 11) is 3.63. The Hall–Kier alpha value is -0.580. The Balaban J connectivity index is 2.56. The molecule has 0 amide bonds. The molecule has 0 aromatic heterocycles. The molecule has 0 aliphatic rings. The van der Waals surface area contributed by atoms with Gasteiger partial charge in [0.15, 0.2) is 0 Å². The van der Waals surface area contributed by atoms with Crippen LogP contribution in [0.3, 0.4) is 0 Å². The minimum atomic E-state index is 0.687. The first-order valence-corrected chi connectivity index (χ1v) is 6.12. The molecule has 0 fully saturated rings. The van der Waals surface area contributed by atoms with E-state index in [0.717, 1.165) is 35.4 Å². The number of nitrogens with one attached hydrogen (secondary N) is 1. The Bertz CT molecular complexity index is 318. The van der Waals surface area contributed by atoms with Crippen molar-refractivity contribution < 1.29 is 9.47 Å². The second kappa shape index (κ2) is 7.65. The molecule has 0 saturated heterocycles. The maximum absolute atomic E-state index is 5.71. The average molecular weight is 288 g/mol. The SMILES string of the molecule is CNCc1cc(Br)ccc1OCCCOC. The molecule has 0 spiro atoms. The zero-order valence-electron chi connectivity index (χ0n) is 9.75. The van der Waals surface area contributed by atoms with E-state index in [1.807, 2.05) is 19.2 Å². The molecule has 0 saturated carbocycles. The second-order valence-corrected chi connectivity index (χ2v) is 4.39. The Morgan fingerprint density at radius 1 is 1.31 bits per heavy atom. The van der Waals surface area contributed by atoms with Crippen LogP contribution >= 0.6 is 15.9 Å². The molecule has 0 aliphatic carbocycles. The van der Waals surface area contributed by atoms with Crippen molar-refractivity contribution >= 4 is 15.9 Å². The molecule has 0 unspecified atom stereocenters. The van der Waals surface area contributed by atoms with E-state index >= 15 is 0 Å². The van der Waals surface area contributed by atoms with Crippen LogP contribution in [0.4, 0.5) is 0 Å². The third-order valence-corrected chi connectivity index (χ3v) is 2.63. The fourth-order valence-corrected chi connectivity index (χ4v) is 1.81. The zero-order valence-corrected chi connectivity index (χ0v) is 11.3. The van der Waals surface area contributed by atoms with Gasteiger partial charge in [0.2, 0.25) is 0 Å². The number of methoxy groups -OCH3 is 1. The number of hydrogen-bond donors (Lipinski definition) is 1. The van der Waals surface area contributed by atoms with Crippen molar-refractivity contribution in [2.24, 2.45) is 0 Å². The highest BCUT2D eigenvalue weighted by Crippen LogP contribution is 2.23. The summed E-state index contributed by atoms with van der Waals surface area (Å²) in [6.07, 6.45) is 0.908. The molecule has 4 heteroatoms. The van der Waals surface area contributed by atoms with Gasteiger partial charge in [0.05, 0.1) is 6.61 Å². The number of benzene rings is 1. The number of halogens is 1. The lowest BCUT2D eigenvalue weighted by molar-refractivity contribution is 0.171. The molecule has 1 aromatic carbocycles. The summed E-state index contributed by atoms with van der Waals surface area (Å²) < 4.78 is 11.8. The summed E-state index contributed by atoms with van der Waals surface area (Å²) in [4.78, 5) is 0. The molecule has 3 nitrogen and oxygen atoms in total. The van der Waals surface area contributed by atoms with Crippen LogP contribution in [0.5, 0.6) is 5.75 Å². The lowest BCUT2D eigenvalue weighted by Gasteiger charge is -2.11. The van der Waals surface area contributed by atoms with Gasteiger partial charge >= 0.3 is 0 Å². The molecule has 1 aromatic rings. The van der Waals surface area contributed by atoms with Gasteiger partial charge in [-0.2, -0.15) is 0 Å². The summed E-state index contributed by atoms with van der Waals surface area (Å²) >= 11 is 3.46. The van der Waals surface area contributed by atoms with Gasteiger partial charge in [-0.3, -0.25) is 0 Å². The van der Waals surface area contributed by atoms with Gasteiger partial charge < -0.3 is 14.8 Å². The van der Waals surface area contributed by atoms with Gasteiger partial charge in [-0.05, 0) is 25.2 Å². The molecule has 1 rings (SSSR count). The van der Waals surface area contributed by atoms with E-state index in [-0.39, 0.29) is 0 Å². The summed E-state index contributed by atoms with van der Waals surface area (Å²) in [5.41, 5.74) is 1.16. The van der Waals surface area contributed by atoms with Crippen LogP contribution < -0.4 is 10.1 Å². The number of rotatable bonds is 7. The average Bonchev–Trinajstić information content (AvgIpc) is 2.27. The molecular formula is C12H18BrNO2. The summed E-state index contributed by atoms with van der Waals surface area (Å²) in [5, 5.41) is 3.13. The number of hydrogen-bond acceptors (Lipinski definition) is 3. The van der Waals surface area contributed by atoms with E-state index in [9.17, 15) is 0 Å². The van der Waals surface area contributed by atoms with E-state index in [4.69, 9.17) is 9.47 Å². The van der Waals surface area contributed by atoms with E-state index in [1.54, 1.807) is 7.11 Å². The standard InChI is InChI=1S/C12H18BrNO2/c1-14-9-10-8-11(13)4-5-12(10)16-7-3-6-15-2/h4-5,8,14H,3,6-7,9H2,1-2H3. The minimum absolute atomic E-state index is 0.687. The summed E-state index contributed by atoms with van der Waals surface area (Å²) in [5.74, 6) is 0.939. The molecule has 0 radical (unpaired) electrons. The second-order valence-electron chi connectivity index (χ2n) is 3.48. The fraction of sp³-hybridized carbons (Fsp3) is 0.500. The van der Waals surface area contributed by atoms with E-state index in [0.29, 0.717) is 6.61 Å². The highest BCUT2D eigenvalue weighted by molar-refractivity contribution is 9.10. The van der Waals surface area contributed by atoms with E-state index in [2.05, 4.69) is 27.3 Å². The Morgan fingerprint density at radius 2 is 2.12 bits per heavy atom. The first-order valence-electron chi connectivity index (χ1n) is 5.32. The summed E-state index contributed by atoms with van der Waals surface area (Å²) in [6.45, 7) is 2.23. The molecular weight excluding hydrogens is 270 g/mol. The Labute approximate surface area is 105 Å². The van der Waals surface area contributed by atoms with Gasteiger partial charge in [-0.25, -0.2) is 0 Å². The smallest absolute Gasteiger partial charge is 0.123 e. The predicted molar refractivity (Wildman–Crippen MR) is 68.9 cm³/mol. The maximum Gasteiger partial charge on any atom is 0.123 e. The monoisotopic (exact) mass is 287 g/mol. The Kier molecular flexibility index (Phi) is 6.45. The van der Waals surface area contributed by atoms with Crippen LogP contribution in [-0.2, 0) is 11.3 Å². The van der Waals surface area contributed by atoms with Crippen LogP contribution in [-0.4, -0.2) is 27.4 Å². The van der Waals surface area contributed by atoms with Gasteiger partial charge in [0.25, 0.3) is 0 Å². The normalized spacial score (nSPS) is 10.4. The minimum Gasteiger partial charge on any atom is -0.493 e. The zero-order chi connectivity index (χ0) is 11.8. The third-order valence-electron chi connectivity index (χ3n) is 2.14. The first kappa shape index (κ1) is 13.5. The van der Waals surface area contributed by atoms with E-state index in [1.165, 1.54) is 0 Å². The molecule has 1 N–H and O–H groups in total. The van der Waals surface area contributed by atoms with Crippen molar-refractivity contribution in [2.45, 2.75) is 13.0 Å². The summed E-state index contributed by atoms with van der Waals surface area (Å²) in [6, 6.07) is 6.05. The lowest BCUT2D eigenvalue weighted by Crippen LogP contribution is -2.09. The number of ether oxygens (including phenoxy) is 2. The van der Waals surface area contributed by atoms with Gasteiger partial charge in [-0.15, -0.1) is 0 Å². The van der Waals surface area contributed by atoms with Crippen LogP contribution in [0.15, 0.2) is 22.7 Å². The van der Waals surface area contributed by atoms with Crippen molar-refractivity contribution in [3.63, 3.8) is 0 Å². The third kappa shape index (κ3) is 4.51. The van der Waals surface area contributed by atoms with Gasteiger partial charge in [-0.1, -0.05) is 15.9 Å². The topological polar surface area (TPSA) is 30.5 Å². The predicted octanol–water partition coefficient (Wildman–Crippen LogP) is 2.58. The van der Waals surface area contributed by atoms with Crippen LogP contribution in [0, 0.1) is 0 Å². The van der Waals surface area contributed by atoms with Crippen molar-refractivity contribution in [3.8, 4) is 5.75 Å². The van der Waals surface area contributed by atoms with Gasteiger partial charge in [0.1, 0.15) is 5.75 Å². The Morgan fingerprint density at radius 3 is 2.81 bits per heavy atom. The molecule has 0 heterocycles. The molecule has 0 atom stereocenters. The maximum atomic E-state index is 5.71. The molecule has 0 bridgehead atoms. The lowest BCUT2D eigenvalue weighted by atomic mass is 10.2. The van der Waals surface area contributed by atoms with Crippen molar-refractivity contribution in [1.82, 2.24) is 5.32 Å². The van der Waals surface area contributed by atoms with Crippen LogP contribution in [0.1, 0.15) is 12.0 Å². The van der Waals surface area contributed by atoms with Crippen LogP contribution in [0.2, 0.25) is 0 Å². The van der Waals surface area contributed by atoms with Crippen molar-refractivity contribution in [2.75, 3.05) is 27.4 Å². The largest absolute Gasteiger partial charge is 0.493 e. The van der Waals surface area contributed by atoms with Crippen molar-refractivity contribution in [1.29, 1.82) is 0 Å². The molecule has 16 heavy (non-hydrogen) atoms.